The van der Waals surface area contributed by atoms with Gasteiger partial charge in [-0.15, -0.1) is 0 Å². The molecule has 0 amide bonds. The summed E-state index contributed by atoms with van der Waals surface area (Å²) >= 11 is 0. The molecule has 0 aliphatic heterocycles. The molecule has 6 heteroatoms. The van der Waals surface area contributed by atoms with Crippen LogP contribution in [0.4, 0.5) is 4.39 Å². The molecular weight excluding hydrogens is 433 g/mol. The molecule has 0 saturated heterocycles. The average molecular weight is 460 g/mol. The highest BCUT2D eigenvalue weighted by atomic mass is 19.1. The molecule has 0 aliphatic carbocycles. The summed E-state index contributed by atoms with van der Waals surface area (Å²) in [5, 5.41) is 21.4. The number of carbonyl (C=O) groups excluding carboxylic acids is 1. The highest BCUT2D eigenvalue weighted by Crippen LogP contribution is 2.40. The van der Waals surface area contributed by atoms with Gasteiger partial charge in [0.25, 0.3) is 0 Å². The van der Waals surface area contributed by atoms with Crippen LogP contribution in [-0.4, -0.2) is 32.5 Å². The summed E-state index contributed by atoms with van der Waals surface area (Å²) < 4.78 is 15.8. The number of benzene rings is 2. The summed E-state index contributed by atoms with van der Waals surface area (Å²) in [6.07, 6.45) is 3.29. The molecule has 4 rings (SSSR count). The zero-order chi connectivity index (χ0) is 24.4. The molecule has 1 atom stereocenters. The maximum Gasteiger partial charge on any atom is 0.310 e. The lowest BCUT2D eigenvalue weighted by molar-refractivity contribution is -0.140. The molecule has 2 heterocycles. The largest absolute Gasteiger partial charge is 0.481 e. The highest BCUT2D eigenvalue weighted by molar-refractivity contribution is 6.02. The molecule has 0 bridgehead atoms. The number of Topliss-reactive ketones (excluding diaryl/α,β-unsaturated/α-hetero) is 1. The van der Waals surface area contributed by atoms with Crippen molar-refractivity contribution in [3.05, 3.63) is 83.8 Å². The van der Waals surface area contributed by atoms with Crippen molar-refractivity contribution in [2.45, 2.75) is 38.7 Å². The molecule has 1 unspecified atom stereocenters. The van der Waals surface area contributed by atoms with Crippen LogP contribution in [0.1, 0.15) is 43.7 Å². The van der Waals surface area contributed by atoms with Crippen molar-refractivity contribution in [2.75, 3.05) is 0 Å². The van der Waals surface area contributed by atoms with Crippen LogP contribution in [-0.2, 0) is 9.59 Å². The Kier molecular flexibility index (Phi) is 6.61. The number of aliphatic hydroxyl groups is 1. The second-order valence-corrected chi connectivity index (χ2v) is 8.70. The SMILES string of the molecule is CC(C)c1c(C=CC(O)CC(=O)CC(=O)O)c(-c2ccc(F)cc2)n2ccc3ccccc3c12. The van der Waals surface area contributed by atoms with Crippen molar-refractivity contribution in [1.29, 1.82) is 0 Å². The van der Waals surface area contributed by atoms with Gasteiger partial charge in [-0.25, -0.2) is 4.39 Å². The molecule has 5 nitrogen and oxygen atoms in total. The van der Waals surface area contributed by atoms with Crippen LogP contribution >= 0.6 is 0 Å². The van der Waals surface area contributed by atoms with Gasteiger partial charge < -0.3 is 14.6 Å². The van der Waals surface area contributed by atoms with E-state index in [1.165, 1.54) is 18.2 Å². The summed E-state index contributed by atoms with van der Waals surface area (Å²) in [4.78, 5) is 22.6. The van der Waals surface area contributed by atoms with Gasteiger partial charge in [-0.2, -0.15) is 0 Å². The number of aliphatic carboxylic acids is 1. The van der Waals surface area contributed by atoms with Crippen molar-refractivity contribution in [1.82, 2.24) is 4.40 Å². The minimum Gasteiger partial charge on any atom is -0.481 e. The van der Waals surface area contributed by atoms with Gasteiger partial charge in [0, 0.05) is 23.6 Å². The second kappa shape index (κ2) is 9.61. The number of carboxylic acid groups (broad SMARTS) is 1. The van der Waals surface area contributed by atoms with Gasteiger partial charge >= 0.3 is 5.97 Å². The maximum absolute atomic E-state index is 13.7. The molecular formula is C28H26FNO4. The Morgan fingerprint density at radius 2 is 1.76 bits per heavy atom. The first-order chi connectivity index (χ1) is 16.3. The lowest BCUT2D eigenvalue weighted by atomic mass is 9.94. The van der Waals surface area contributed by atoms with E-state index in [4.69, 9.17) is 5.11 Å². The Labute approximate surface area is 196 Å². The highest BCUT2D eigenvalue weighted by Gasteiger charge is 2.22. The number of nitrogens with zero attached hydrogens (tertiary/aromatic N) is 1. The molecule has 0 fully saturated rings. The number of hydrogen-bond acceptors (Lipinski definition) is 3. The van der Waals surface area contributed by atoms with Gasteiger partial charge in [-0.1, -0.05) is 50.3 Å². The molecule has 0 spiro atoms. The van der Waals surface area contributed by atoms with Crippen LogP contribution < -0.4 is 0 Å². The smallest absolute Gasteiger partial charge is 0.310 e. The number of carboxylic acids is 1. The molecule has 174 valence electrons. The predicted octanol–water partition coefficient (Wildman–Crippen LogP) is 5.83. The molecule has 34 heavy (non-hydrogen) atoms. The van der Waals surface area contributed by atoms with Crippen molar-refractivity contribution in [3.63, 3.8) is 0 Å². The van der Waals surface area contributed by atoms with Gasteiger partial charge in [-0.3, -0.25) is 9.59 Å². The maximum atomic E-state index is 13.7. The molecule has 0 radical (unpaired) electrons. The van der Waals surface area contributed by atoms with Crippen LogP contribution in [0.15, 0.2) is 66.9 Å². The quantitative estimate of drug-likeness (QED) is 0.325. The minimum atomic E-state index is -1.22. The van der Waals surface area contributed by atoms with Crippen LogP contribution in [0, 0.1) is 5.82 Å². The molecule has 2 aromatic heterocycles. The Morgan fingerprint density at radius 3 is 2.44 bits per heavy atom. The topological polar surface area (TPSA) is 79.0 Å². The van der Waals surface area contributed by atoms with E-state index >= 15 is 0 Å². The van der Waals surface area contributed by atoms with Crippen molar-refractivity contribution >= 4 is 34.1 Å². The number of fused-ring (bicyclic) bond motifs is 3. The fraction of sp³-hybridized carbons (Fsp3) is 0.214. The van der Waals surface area contributed by atoms with E-state index in [0.717, 1.165) is 38.7 Å². The van der Waals surface area contributed by atoms with Crippen LogP contribution in [0.5, 0.6) is 0 Å². The lowest BCUT2D eigenvalue weighted by Gasteiger charge is -2.09. The first kappa shape index (κ1) is 23.4. The first-order valence-electron chi connectivity index (χ1n) is 11.2. The standard InChI is InChI=1S/C28H26FNO4/c1-17(2)26-24(12-11-21(31)15-22(32)16-25(33)34)27(19-7-9-20(29)10-8-19)30-14-13-18-5-3-4-6-23(18)28(26)30/h3-14,17,21,31H,15-16H2,1-2H3,(H,33,34). The van der Waals surface area contributed by atoms with E-state index in [1.807, 2.05) is 24.4 Å². The minimum absolute atomic E-state index is 0.125. The molecule has 2 aromatic carbocycles. The number of aromatic nitrogens is 1. The fourth-order valence-corrected chi connectivity index (χ4v) is 4.47. The van der Waals surface area contributed by atoms with Crippen LogP contribution in [0.2, 0.25) is 0 Å². The summed E-state index contributed by atoms with van der Waals surface area (Å²) in [6.45, 7) is 4.19. The zero-order valence-corrected chi connectivity index (χ0v) is 19.0. The van der Waals surface area contributed by atoms with Gasteiger partial charge in [0.15, 0.2) is 0 Å². The summed E-state index contributed by atoms with van der Waals surface area (Å²) in [7, 11) is 0. The van der Waals surface area contributed by atoms with Gasteiger partial charge in [-0.05, 0) is 52.8 Å². The number of pyridine rings is 1. The monoisotopic (exact) mass is 459 g/mol. The van der Waals surface area contributed by atoms with Gasteiger partial charge in [0.05, 0.1) is 17.3 Å². The second-order valence-electron chi connectivity index (χ2n) is 8.70. The van der Waals surface area contributed by atoms with E-state index in [2.05, 4.69) is 30.4 Å². The third kappa shape index (κ3) is 4.63. The predicted molar refractivity (Wildman–Crippen MR) is 131 cm³/mol. The first-order valence-corrected chi connectivity index (χ1v) is 11.2. The number of halogens is 1. The summed E-state index contributed by atoms with van der Waals surface area (Å²) in [5.41, 5.74) is 4.63. The zero-order valence-electron chi connectivity index (χ0n) is 19.0. The number of aliphatic hydroxyl groups excluding tert-OH is 1. The van der Waals surface area contributed by atoms with E-state index in [-0.39, 0.29) is 18.2 Å². The van der Waals surface area contributed by atoms with Crippen molar-refractivity contribution < 1.29 is 24.2 Å². The van der Waals surface area contributed by atoms with Gasteiger partial charge in [0.2, 0.25) is 0 Å². The average Bonchev–Trinajstić information content (AvgIpc) is 3.12. The van der Waals surface area contributed by atoms with Gasteiger partial charge in [0.1, 0.15) is 18.0 Å². The molecule has 0 aliphatic rings. The third-order valence-electron chi connectivity index (χ3n) is 5.87. The van der Waals surface area contributed by atoms with E-state index in [1.54, 1.807) is 18.2 Å². The van der Waals surface area contributed by atoms with E-state index in [0.29, 0.717) is 0 Å². The molecule has 4 aromatic rings. The number of rotatable bonds is 8. The Hall–Kier alpha value is -3.77. The Balaban J connectivity index is 1.93. The Morgan fingerprint density at radius 1 is 1.06 bits per heavy atom. The molecule has 0 saturated carbocycles. The number of hydrogen-bond donors (Lipinski definition) is 2. The Bertz CT molecular complexity index is 1400. The number of carbonyl (C=O) groups is 2. The van der Waals surface area contributed by atoms with Crippen molar-refractivity contribution in [3.8, 4) is 11.3 Å². The summed E-state index contributed by atoms with van der Waals surface area (Å²) in [6, 6.07) is 16.4. The van der Waals surface area contributed by atoms with E-state index in [9.17, 15) is 19.1 Å². The third-order valence-corrected chi connectivity index (χ3v) is 5.87. The molecule has 2 N–H and O–H groups in total. The number of ketones is 1. The van der Waals surface area contributed by atoms with Crippen LogP contribution in [0.3, 0.4) is 0 Å². The normalized spacial score (nSPS) is 12.7. The lowest BCUT2D eigenvalue weighted by Crippen LogP contribution is -2.14. The van der Waals surface area contributed by atoms with Crippen LogP contribution in [0.25, 0.3) is 33.6 Å². The fourth-order valence-electron chi connectivity index (χ4n) is 4.47. The summed E-state index contributed by atoms with van der Waals surface area (Å²) in [5.74, 6) is -1.96. The van der Waals surface area contributed by atoms with E-state index < -0.39 is 24.3 Å². The van der Waals surface area contributed by atoms with Crippen molar-refractivity contribution in [2.24, 2.45) is 0 Å².